The monoisotopic (exact) mass is 445 g/mol. The van der Waals surface area contributed by atoms with Gasteiger partial charge in [0.25, 0.3) is 11.8 Å². The van der Waals surface area contributed by atoms with Crippen molar-refractivity contribution < 1.29 is 19.2 Å². The molecule has 5 nitrogen and oxygen atoms in total. The molecule has 1 heterocycles. The van der Waals surface area contributed by atoms with Gasteiger partial charge >= 0.3 is 5.97 Å². The number of aryl methyl sites for hydroxylation is 1. The van der Waals surface area contributed by atoms with Crippen molar-refractivity contribution in [3.05, 3.63) is 70.3 Å². The van der Waals surface area contributed by atoms with Gasteiger partial charge in [-0.05, 0) is 78.7 Å². The summed E-state index contributed by atoms with van der Waals surface area (Å²) in [6.07, 6.45) is 4.41. The molecule has 1 fully saturated rings. The van der Waals surface area contributed by atoms with Gasteiger partial charge in [-0.15, -0.1) is 0 Å². The SMILES string of the molecule is CC(C)c1ccc2c(c1)[C@@]1(C)CCCC(C)(C(=O)ON3C(=O)c4ccccc4C3=O)[C@@H]1CC2. The predicted molar refractivity (Wildman–Crippen MR) is 125 cm³/mol. The van der Waals surface area contributed by atoms with Crippen LogP contribution in [0, 0.1) is 11.3 Å². The largest absolute Gasteiger partial charge is 0.339 e. The lowest BCUT2D eigenvalue weighted by atomic mass is 9.49. The number of hydroxylamine groups is 2. The van der Waals surface area contributed by atoms with Gasteiger partial charge in [0, 0.05) is 0 Å². The number of imide groups is 1. The van der Waals surface area contributed by atoms with E-state index in [4.69, 9.17) is 4.84 Å². The quantitative estimate of drug-likeness (QED) is 0.579. The molecule has 0 bridgehead atoms. The minimum Gasteiger partial charge on any atom is -0.329 e. The van der Waals surface area contributed by atoms with E-state index in [0.717, 1.165) is 25.7 Å². The lowest BCUT2D eigenvalue weighted by Gasteiger charge is -2.54. The first kappa shape index (κ1) is 21.9. The van der Waals surface area contributed by atoms with Crippen molar-refractivity contribution in [3.63, 3.8) is 0 Å². The summed E-state index contributed by atoms with van der Waals surface area (Å²) in [5.74, 6) is -1.09. The normalized spacial score (nSPS) is 28.4. The molecule has 1 saturated carbocycles. The van der Waals surface area contributed by atoms with Crippen LogP contribution in [0.4, 0.5) is 0 Å². The summed E-state index contributed by atoms with van der Waals surface area (Å²) >= 11 is 0. The van der Waals surface area contributed by atoms with E-state index < -0.39 is 23.2 Å². The molecule has 2 aliphatic carbocycles. The molecule has 2 aromatic rings. The summed E-state index contributed by atoms with van der Waals surface area (Å²) in [6, 6.07) is 13.4. The fourth-order valence-electron chi connectivity index (χ4n) is 6.52. The van der Waals surface area contributed by atoms with E-state index in [1.54, 1.807) is 24.3 Å². The summed E-state index contributed by atoms with van der Waals surface area (Å²) in [7, 11) is 0. The van der Waals surface area contributed by atoms with Crippen molar-refractivity contribution in [1.82, 2.24) is 5.06 Å². The minimum absolute atomic E-state index is 0.0799. The Morgan fingerprint density at radius 2 is 1.70 bits per heavy atom. The molecule has 3 atom stereocenters. The molecule has 172 valence electrons. The predicted octanol–water partition coefficient (Wildman–Crippen LogP) is 5.57. The van der Waals surface area contributed by atoms with E-state index in [9.17, 15) is 14.4 Å². The highest BCUT2D eigenvalue weighted by molar-refractivity contribution is 6.20. The Hall–Kier alpha value is -2.95. The fraction of sp³-hybridized carbons (Fsp3) is 0.464. The lowest BCUT2D eigenvalue weighted by Crippen LogP contribution is -2.54. The second kappa shape index (κ2) is 7.54. The average Bonchev–Trinajstić information content (AvgIpc) is 3.03. The number of rotatable bonds is 3. The zero-order chi connectivity index (χ0) is 23.5. The van der Waals surface area contributed by atoms with Crippen LogP contribution in [0.3, 0.4) is 0 Å². The van der Waals surface area contributed by atoms with E-state index in [2.05, 4.69) is 39.0 Å². The average molecular weight is 446 g/mol. The molecule has 5 rings (SSSR count). The third kappa shape index (κ3) is 3.16. The van der Waals surface area contributed by atoms with Gasteiger partial charge in [0.1, 0.15) is 0 Å². The Morgan fingerprint density at radius 3 is 2.33 bits per heavy atom. The first-order chi connectivity index (χ1) is 15.7. The third-order valence-corrected chi connectivity index (χ3v) is 8.45. The van der Waals surface area contributed by atoms with Gasteiger partial charge < -0.3 is 4.84 Å². The molecule has 0 radical (unpaired) electrons. The van der Waals surface area contributed by atoms with Gasteiger partial charge in [-0.25, -0.2) is 4.79 Å². The van der Waals surface area contributed by atoms with E-state index in [0.29, 0.717) is 17.4 Å². The number of hydrogen-bond donors (Lipinski definition) is 0. The van der Waals surface area contributed by atoms with Crippen LogP contribution in [0.1, 0.15) is 96.7 Å². The lowest BCUT2D eigenvalue weighted by molar-refractivity contribution is -0.189. The first-order valence-electron chi connectivity index (χ1n) is 12.0. The number of carbonyl (C=O) groups is 3. The maximum atomic E-state index is 13.6. The number of amides is 2. The Morgan fingerprint density at radius 1 is 1.03 bits per heavy atom. The fourth-order valence-corrected chi connectivity index (χ4v) is 6.52. The van der Waals surface area contributed by atoms with Crippen molar-refractivity contribution in [3.8, 4) is 0 Å². The molecular formula is C28H31NO4. The zero-order valence-electron chi connectivity index (χ0n) is 19.8. The van der Waals surface area contributed by atoms with E-state index in [1.165, 1.54) is 16.7 Å². The number of hydrogen-bond acceptors (Lipinski definition) is 4. The Balaban J connectivity index is 1.46. The summed E-state index contributed by atoms with van der Waals surface area (Å²) in [6.45, 7) is 8.66. The van der Waals surface area contributed by atoms with Crippen LogP contribution >= 0.6 is 0 Å². The van der Waals surface area contributed by atoms with Crippen molar-refractivity contribution in [2.75, 3.05) is 0 Å². The minimum atomic E-state index is -0.770. The van der Waals surface area contributed by atoms with Crippen molar-refractivity contribution in [2.24, 2.45) is 11.3 Å². The highest BCUT2D eigenvalue weighted by atomic mass is 16.7. The molecule has 0 aromatic heterocycles. The molecule has 0 saturated heterocycles. The molecule has 0 N–H and O–H groups in total. The molecular weight excluding hydrogens is 414 g/mol. The van der Waals surface area contributed by atoms with E-state index >= 15 is 0 Å². The van der Waals surface area contributed by atoms with Crippen molar-refractivity contribution >= 4 is 17.8 Å². The smallest absolute Gasteiger partial charge is 0.329 e. The summed E-state index contributed by atoms with van der Waals surface area (Å²) < 4.78 is 0. The summed E-state index contributed by atoms with van der Waals surface area (Å²) in [4.78, 5) is 44.8. The summed E-state index contributed by atoms with van der Waals surface area (Å²) in [5.41, 5.74) is 3.68. The molecule has 3 aliphatic rings. The molecule has 1 unspecified atom stereocenters. The van der Waals surface area contributed by atoms with Crippen LogP contribution in [0.5, 0.6) is 0 Å². The zero-order valence-corrected chi connectivity index (χ0v) is 19.8. The Bertz CT molecular complexity index is 1130. The van der Waals surface area contributed by atoms with Crippen LogP contribution in [0.25, 0.3) is 0 Å². The van der Waals surface area contributed by atoms with Crippen LogP contribution < -0.4 is 0 Å². The van der Waals surface area contributed by atoms with Gasteiger partial charge in [-0.1, -0.05) is 62.6 Å². The molecule has 2 amide bonds. The van der Waals surface area contributed by atoms with Gasteiger partial charge in [-0.2, -0.15) is 0 Å². The molecule has 1 aliphatic heterocycles. The Labute approximate surface area is 195 Å². The van der Waals surface area contributed by atoms with Crippen LogP contribution in [0.15, 0.2) is 42.5 Å². The topological polar surface area (TPSA) is 63.7 Å². The number of nitrogens with zero attached hydrogens (tertiary/aromatic N) is 1. The second-order valence-corrected chi connectivity index (χ2v) is 10.7. The van der Waals surface area contributed by atoms with Gasteiger partial charge in [0.2, 0.25) is 0 Å². The standard InChI is InChI=1S/C28H31NO4/c1-17(2)19-11-10-18-12-13-23-27(3,22(18)16-19)14-7-15-28(23,4)26(32)33-29-24(30)20-8-5-6-9-21(20)25(29)31/h5-6,8-11,16-17,23H,7,12-15H2,1-4H3/t23-,27-,28?/m1/s1. The van der Waals surface area contributed by atoms with Crippen LogP contribution in [0.2, 0.25) is 0 Å². The molecule has 2 aromatic carbocycles. The number of fused-ring (bicyclic) bond motifs is 4. The summed E-state index contributed by atoms with van der Waals surface area (Å²) in [5, 5.41) is 0.665. The van der Waals surface area contributed by atoms with Crippen LogP contribution in [-0.4, -0.2) is 22.8 Å². The first-order valence-corrected chi connectivity index (χ1v) is 12.0. The molecule has 0 spiro atoms. The highest BCUT2D eigenvalue weighted by Gasteiger charge is 2.57. The van der Waals surface area contributed by atoms with Crippen molar-refractivity contribution in [1.29, 1.82) is 0 Å². The maximum absolute atomic E-state index is 13.6. The Kier molecular flexibility index (Phi) is 5.00. The van der Waals surface area contributed by atoms with E-state index in [-0.39, 0.29) is 22.5 Å². The van der Waals surface area contributed by atoms with Gasteiger partial charge in [0.05, 0.1) is 16.5 Å². The van der Waals surface area contributed by atoms with Crippen molar-refractivity contribution in [2.45, 2.75) is 71.1 Å². The molecule has 5 heteroatoms. The number of benzene rings is 2. The number of carbonyl (C=O) groups excluding carboxylic acids is 3. The maximum Gasteiger partial charge on any atom is 0.339 e. The van der Waals surface area contributed by atoms with Crippen LogP contribution in [-0.2, 0) is 21.5 Å². The van der Waals surface area contributed by atoms with Gasteiger partial charge in [-0.3, -0.25) is 9.59 Å². The molecule has 33 heavy (non-hydrogen) atoms. The van der Waals surface area contributed by atoms with Gasteiger partial charge in [0.15, 0.2) is 0 Å². The second-order valence-electron chi connectivity index (χ2n) is 10.7. The third-order valence-electron chi connectivity index (χ3n) is 8.45. The highest BCUT2D eigenvalue weighted by Crippen LogP contribution is 2.58. The van der Waals surface area contributed by atoms with E-state index in [1.807, 2.05) is 6.92 Å².